The molecule has 0 fully saturated rings. The molecule has 0 radical (unpaired) electrons. The van der Waals surface area contributed by atoms with Gasteiger partial charge in [-0.15, -0.1) is 0 Å². The van der Waals surface area contributed by atoms with E-state index in [2.05, 4.69) is 31.0 Å². The molecule has 0 atom stereocenters. The average molecular weight is 232 g/mol. The van der Waals surface area contributed by atoms with Gasteiger partial charge < -0.3 is 15.6 Å². The molecule has 0 saturated heterocycles. The van der Waals surface area contributed by atoms with Crippen molar-refractivity contribution in [2.24, 2.45) is 0 Å². The number of carbonyl (C=O) groups excluding carboxylic acids is 1. The third-order valence-corrected chi connectivity index (χ3v) is 2.23. The molecule has 90 valence electrons. The molecule has 0 spiro atoms. The number of aliphatic carboxylic acids is 1. The number of aryl methyl sites for hydroxylation is 2. The molecule has 1 heterocycles. The Balaban J connectivity index is 0.000000317. The Morgan fingerprint density at radius 3 is 2.47 bits per heavy atom. The second-order valence-corrected chi connectivity index (χ2v) is 3.93. The Labute approximate surface area is 100 Å². The number of carboxylic acid groups (broad SMARTS) is 1. The number of rotatable bonds is 0. The first-order valence-corrected chi connectivity index (χ1v) is 5.26. The number of nitrogens with one attached hydrogen (secondary N) is 1. The molecule has 0 aliphatic heterocycles. The number of fused-ring (bicyclic) bond motifs is 1. The number of carboxylic acids is 1. The number of pyridine rings is 1. The topological polar surface area (TPSA) is 80.3 Å². The highest BCUT2D eigenvalue weighted by Gasteiger charge is 2.05. The van der Waals surface area contributed by atoms with E-state index in [1.54, 1.807) is 0 Å². The van der Waals surface area contributed by atoms with Crippen LogP contribution in [0.15, 0.2) is 24.3 Å². The Morgan fingerprint density at radius 2 is 1.88 bits per heavy atom. The number of hydrogen-bond donors (Lipinski definition) is 1. The lowest BCUT2D eigenvalue weighted by Gasteiger charge is -1.98. The molecular weight excluding hydrogens is 216 g/mol. The summed E-state index contributed by atoms with van der Waals surface area (Å²) in [5.41, 5.74) is 10.1. The highest BCUT2D eigenvalue weighted by molar-refractivity contribution is 5.81. The number of nitrogen functional groups attached to an aromatic ring is 1. The number of anilines is 1. The van der Waals surface area contributed by atoms with Crippen molar-refractivity contribution < 1.29 is 14.9 Å². The summed E-state index contributed by atoms with van der Waals surface area (Å²) in [7, 11) is 0. The molecule has 2 aromatic rings. The Kier molecular flexibility index (Phi) is 4.04. The summed E-state index contributed by atoms with van der Waals surface area (Å²) in [4.78, 5) is 12.2. The summed E-state index contributed by atoms with van der Waals surface area (Å²) in [6.07, 6.45) is 0. The lowest BCUT2D eigenvalue weighted by atomic mass is 10.1. The van der Waals surface area contributed by atoms with Crippen molar-refractivity contribution in [1.29, 1.82) is 0 Å². The van der Waals surface area contributed by atoms with E-state index < -0.39 is 5.97 Å². The van der Waals surface area contributed by atoms with E-state index >= 15 is 0 Å². The molecule has 1 aromatic heterocycles. The number of carbonyl (C=O) groups is 1. The van der Waals surface area contributed by atoms with Gasteiger partial charge in [0.15, 0.2) is 5.69 Å². The van der Waals surface area contributed by atoms with E-state index in [4.69, 9.17) is 15.6 Å². The van der Waals surface area contributed by atoms with Crippen molar-refractivity contribution in [2.75, 3.05) is 5.73 Å². The summed E-state index contributed by atoms with van der Waals surface area (Å²) in [6, 6.07) is 8.09. The average Bonchev–Trinajstić information content (AvgIpc) is 2.14. The fraction of sp³-hybridized carbons (Fsp3) is 0.231. The van der Waals surface area contributed by atoms with Crippen LogP contribution in [0.1, 0.15) is 18.2 Å². The quantitative estimate of drug-likeness (QED) is 0.676. The highest BCUT2D eigenvalue weighted by Crippen LogP contribution is 2.17. The van der Waals surface area contributed by atoms with Gasteiger partial charge >= 0.3 is 0 Å². The molecule has 0 aliphatic carbocycles. The van der Waals surface area contributed by atoms with E-state index in [0.717, 1.165) is 23.8 Å². The molecule has 1 aromatic carbocycles. The van der Waals surface area contributed by atoms with E-state index in [1.807, 2.05) is 12.1 Å². The van der Waals surface area contributed by atoms with Crippen LogP contribution in [0.2, 0.25) is 0 Å². The number of H-pyrrole nitrogens is 1. The number of aromatic nitrogens is 1. The first-order valence-electron chi connectivity index (χ1n) is 5.26. The Morgan fingerprint density at radius 1 is 1.29 bits per heavy atom. The van der Waals surface area contributed by atoms with Crippen molar-refractivity contribution in [3.63, 3.8) is 0 Å². The second kappa shape index (κ2) is 5.30. The van der Waals surface area contributed by atoms with Gasteiger partial charge in [-0.3, -0.25) is 0 Å². The van der Waals surface area contributed by atoms with E-state index in [9.17, 15) is 0 Å². The van der Waals surface area contributed by atoms with E-state index in [-0.39, 0.29) is 0 Å². The molecule has 0 unspecified atom stereocenters. The summed E-state index contributed by atoms with van der Waals surface area (Å²) >= 11 is 0. The SMILES string of the molecule is CC(=O)[O-].Cc1cc(C)c2ccc(N)cc2[nH+]1. The van der Waals surface area contributed by atoms with Gasteiger partial charge in [-0.25, -0.2) is 4.98 Å². The van der Waals surface area contributed by atoms with Crippen LogP contribution in [0.5, 0.6) is 0 Å². The maximum atomic E-state index is 8.89. The summed E-state index contributed by atoms with van der Waals surface area (Å²) < 4.78 is 0. The zero-order chi connectivity index (χ0) is 13.0. The standard InChI is InChI=1S/C11H12N2.C2H4O2/c1-7-5-8(2)13-11-6-9(12)3-4-10(7)11;1-2(3)4/h3-6H,12H2,1-2H3;1H3,(H,3,4). The molecule has 0 aliphatic rings. The highest BCUT2D eigenvalue weighted by atomic mass is 16.4. The molecule has 2 rings (SSSR count). The van der Waals surface area contributed by atoms with Gasteiger partial charge in [0.05, 0.1) is 0 Å². The third-order valence-electron chi connectivity index (χ3n) is 2.23. The van der Waals surface area contributed by atoms with Crippen molar-refractivity contribution >= 4 is 22.6 Å². The van der Waals surface area contributed by atoms with Crippen LogP contribution in [-0.2, 0) is 4.79 Å². The van der Waals surface area contributed by atoms with Crippen LogP contribution in [0, 0.1) is 13.8 Å². The molecule has 0 amide bonds. The van der Waals surface area contributed by atoms with Crippen molar-refractivity contribution in [3.8, 4) is 0 Å². The van der Waals surface area contributed by atoms with Gasteiger partial charge in [0.1, 0.15) is 0 Å². The first kappa shape index (κ1) is 13.0. The maximum Gasteiger partial charge on any atom is 0.213 e. The van der Waals surface area contributed by atoms with Gasteiger partial charge in [-0.2, -0.15) is 0 Å². The van der Waals surface area contributed by atoms with Gasteiger partial charge in [-0.05, 0) is 31.5 Å². The Bertz CT molecular complexity index is 541. The zero-order valence-corrected chi connectivity index (χ0v) is 10.2. The number of hydrogen-bond acceptors (Lipinski definition) is 3. The largest absolute Gasteiger partial charge is 0.550 e. The zero-order valence-electron chi connectivity index (χ0n) is 10.2. The van der Waals surface area contributed by atoms with Gasteiger partial charge in [0, 0.05) is 36.1 Å². The lowest BCUT2D eigenvalue weighted by Crippen LogP contribution is -2.16. The van der Waals surface area contributed by atoms with Crippen LogP contribution in [0.4, 0.5) is 5.69 Å². The fourth-order valence-corrected chi connectivity index (χ4v) is 1.66. The molecule has 4 heteroatoms. The molecule has 17 heavy (non-hydrogen) atoms. The summed E-state index contributed by atoms with van der Waals surface area (Å²) in [6.45, 7) is 5.13. The number of benzene rings is 1. The van der Waals surface area contributed by atoms with Crippen LogP contribution in [-0.4, -0.2) is 5.97 Å². The minimum atomic E-state index is -1.08. The fourth-order valence-electron chi connectivity index (χ4n) is 1.66. The van der Waals surface area contributed by atoms with Crippen LogP contribution in [0.3, 0.4) is 0 Å². The Hall–Kier alpha value is -2.10. The van der Waals surface area contributed by atoms with Crippen LogP contribution in [0.25, 0.3) is 10.9 Å². The molecular formula is C13H16N2O2. The predicted octanol–water partition coefficient (Wildman–Crippen LogP) is 0.609. The maximum absolute atomic E-state index is 8.89. The first-order chi connectivity index (χ1) is 7.90. The van der Waals surface area contributed by atoms with Crippen molar-refractivity contribution in [1.82, 2.24) is 0 Å². The predicted molar refractivity (Wildman–Crippen MR) is 65.1 cm³/mol. The molecule has 0 saturated carbocycles. The normalized spacial score (nSPS) is 9.59. The molecule has 3 N–H and O–H groups in total. The van der Waals surface area contributed by atoms with E-state index in [1.165, 1.54) is 10.9 Å². The molecule has 0 bridgehead atoms. The van der Waals surface area contributed by atoms with Crippen LogP contribution >= 0.6 is 0 Å². The smallest absolute Gasteiger partial charge is 0.213 e. The van der Waals surface area contributed by atoms with Crippen molar-refractivity contribution in [2.45, 2.75) is 20.8 Å². The minimum absolute atomic E-state index is 0.800. The monoisotopic (exact) mass is 232 g/mol. The van der Waals surface area contributed by atoms with Gasteiger partial charge in [0.25, 0.3) is 0 Å². The lowest BCUT2D eigenvalue weighted by molar-refractivity contribution is -0.354. The number of nitrogens with two attached hydrogens (primary N) is 1. The summed E-state index contributed by atoms with van der Waals surface area (Å²) in [5.74, 6) is -1.08. The summed E-state index contributed by atoms with van der Waals surface area (Å²) in [5, 5.41) is 10.1. The third kappa shape index (κ3) is 3.75. The second-order valence-electron chi connectivity index (χ2n) is 3.93. The molecule has 4 nitrogen and oxygen atoms in total. The van der Waals surface area contributed by atoms with Crippen molar-refractivity contribution in [3.05, 3.63) is 35.5 Å². The van der Waals surface area contributed by atoms with Gasteiger partial charge in [0.2, 0.25) is 5.52 Å². The van der Waals surface area contributed by atoms with E-state index in [0.29, 0.717) is 0 Å². The minimum Gasteiger partial charge on any atom is -0.550 e. The van der Waals surface area contributed by atoms with Crippen LogP contribution < -0.4 is 15.8 Å². The number of aromatic amines is 1. The van der Waals surface area contributed by atoms with Gasteiger partial charge in [-0.1, -0.05) is 0 Å².